The topological polar surface area (TPSA) is 121 Å². The standard InChI is InChI=1S/C18H16F2N6O3S2/c1-11-15(16-22-7-8-26(16)17(19)20)30-18(23-11)24-14(27)10-25(2)31(28,29)13-5-3-12(9-21)4-6-13/h3-8,17H,10H2,1-2H3,(H,23,24,27). The Kier molecular flexibility index (Phi) is 6.44. The summed E-state index contributed by atoms with van der Waals surface area (Å²) in [7, 11) is -2.71. The number of aromatic nitrogens is 3. The first-order valence-corrected chi connectivity index (χ1v) is 10.9. The number of carbonyl (C=O) groups is 1. The van der Waals surface area contributed by atoms with Gasteiger partial charge in [0.05, 0.1) is 33.6 Å². The van der Waals surface area contributed by atoms with E-state index >= 15 is 0 Å². The maximum absolute atomic E-state index is 13.1. The molecule has 162 valence electrons. The van der Waals surface area contributed by atoms with Gasteiger partial charge in [-0.1, -0.05) is 11.3 Å². The number of aryl methyl sites for hydroxylation is 1. The highest BCUT2D eigenvalue weighted by atomic mass is 32.2. The zero-order chi connectivity index (χ0) is 22.8. The largest absolute Gasteiger partial charge is 0.320 e. The number of halogens is 2. The number of rotatable bonds is 7. The minimum absolute atomic E-state index is 0.0195. The summed E-state index contributed by atoms with van der Waals surface area (Å²) in [5.41, 5.74) is 0.703. The molecule has 1 aromatic carbocycles. The van der Waals surface area contributed by atoms with Crippen LogP contribution in [0.5, 0.6) is 0 Å². The first-order chi connectivity index (χ1) is 14.6. The van der Waals surface area contributed by atoms with E-state index in [9.17, 15) is 22.0 Å². The first-order valence-electron chi connectivity index (χ1n) is 8.68. The lowest BCUT2D eigenvalue weighted by molar-refractivity contribution is -0.116. The molecule has 3 rings (SSSR count). The van der Waals surface area contributed by atoms with E-state index in [1.807, 2.05) is 6.07 Å². The molecular formula is C18H16F2N6O3S2. The Morgan fingerprint density at radius 2 is 2.03 bits per heavy atom. The van der Waals surface area contributed by atoms with E-state index in [1.54, 1.807) is 6.92 Å². The zero-order valence-corrected chi connectivity index (χ0v) is 17.9. The SMILES string of the molecule is Cc1nc(NC(=O)CN(C)S(=O)(=O)c2ccc(C#N)cc2)sc1-c1nccn1C(F)F. The number of nitrogens with zero attached hydrogens (tertiary/aromatic N) is 5. The number of imidazole rings is 1. The lowest BCUT2D eigenvalue weighted by Crippen LogP contribution is -2.34. The van der Waals surface area contributed by atoms with E-state index < -0.39 is 29.0 Å². The van der Waals surface area contributed by atoms with Gasteiger partial charge in [-0.25, -0.2) is 18.4 Å². The number of carbonyl (C=O) groups excluding carboxylic acids is 1. The lowest BCUT2D eigenvalue weighted by atomic mass is 10.2. The molecule has 0 saturated carbocycles. The Morgan fingerprint density at radius 1 is 1.35 bits per heavy atom. The fraction of sp³-hybridized carbons (Fsp3) is 0.222. The van der Waals surface area contributed by atoms with Gasteiger partial charge in [-0.05, 0) is 31.2 Å². The van der Waals surface area contributed by atoms with Crippen LogP contribution in [0.4, 0.5) is 13.9 Å². The molecule has 31 heavy (non-hydrogen) atoms. The van der Waals surface area contributed by atoms with Crippen LogP contribution in [0, 0.1) is 18.3 Å². The number of benzene rings is 1. The first kappa shape index (κ1) is 22.5. The second-order valence-electron chi connectivity index (χ2n) is 6.31. The number of anilines is 1. The van der Waals surface area contributed by atoms with Crippen molar-refractivity contribution in [2.75, 3.05) is 18.9 Å². The molecule has 0 saturated heterocycles. The van der Waals surface area contributed by atoms with Crippen molar-refractivity contribution in [2.24, 2.45) is 0 Å². The van der Waals surface area contributed by atoms with Gasteiger partial charge in [0, 0.05) is 19.4 Å². The molecule has 0 radical (unpaired) electrons. The molecule has 0 fully saturated rings. The fourth-order valence-corrected chi connectivity index (χ4v) is 4.74. The molecule has 0 aliphatic heterocycles. The van der Waals surface area contributed by atoms with Crippen LogP contribution in [-0.4, -0.2) is 46.8 Å². The number of sulfonamides is 1. The molecule has 1 amide bonds. The second-order valence-corrected chi connectivity index (χ2v) is 9.36. The van der Waals surface area contributed by atoms with Crippen molar-refractivity contribution >= 4 is 32.4 Å². The summed E-state index contributed by atoms with van der Waals surface area (Å²) in [6, 6.07) is 7.19. The smallest absolute Gasteiger partial charge is 0.301 e. The molecule has 0 unspecified atom stereocenters. The molecule has 0 bridgehead atoms. The van der Waals surface area contributed by atoms with E-state index in [-0.39, 0.29) is 15.9 Å². The van der Waals surface area contributed by atoms with Crippen molar-refractivity contribution < 1.29 is 22.0 Å². The summed E-state index contributed by atoms with van der Waals surface area (Å²) in [4.78, 5) is 20.7. The maximum atomic E-state index is 13.1. The molecule has 13 heteroatoms. The van der Waals surface area contributed by atoms with Crippen LogP contribution < -0.4 is 5.32 Å². The van der Waals surface area contributed by atoms with Gasteiger partial charge >= 0.3 is 6.55 Å². The van der Waals surface area contributed by atoms with Gasteiger partial charge in [0.15, 0.2) is 11.0 Å². The van der Waals surface area contributed by atoms with Crippen LogP contribution in [0.2, 0.25) is 0 Å². The average Bonchev–Trinajstić information content (AvgIpc) is 3.34. The van der Waals surface area contributed by atoms with Gasteiger partial charge in [-0.15, -0.1) is 0 Å². The van der Waals surface area contributed by atoms with Crippen LogP contribution >= 0.6 is 11.3 Å². The number of alkyl halides is 2. The quantitative estimate of drug-likeness (QED) is 0.572. The van der Waals surface area contributed by atoms with Crippen LogP contribution in [0.25, 0.3) is 10.7 Å². The predicted octanol–water partition coefficient (Wildman–Crippen LogP) is 2.84. The number of hydrogen-bond donors (Lipinski definition) is 1. The Balaban J connectivity index is 1.72. The number of hydrogen-bond acceptors (Lipinski definition) is 7. The highest BCUT2D eigenvalue weighted by molar-refractivity contribution is 7.89. The molecular weight excluding hydrogens is 450 g/mol. The van der Waals surface area contributed by atoms with E-state index in [0.29, 0.717) is 20.7 Å². The summed E-state index contributed by atoms with van der Waals surface area (Å²) in [5.74, 6) is -0.636. The van der Waals surface area contributed by atoms with Crippen molar-refractivity contribution in [3.63, 3.8) is 0 Å². The van der Waals surface area contributed by atoms with Crippen LogP contribution in [0.3, 0.4) is 0 Å². The molecule has 1 N–H and O–H groups in total. The van der Waals surface area contributed by atoms with Crippen LogP contribution in [-0.2, 0) is 14.8 Å². The lowest BCUT2D eigenvalue weighted by Gasteiger charge is -2.16. The Bertz CT molecular complexity index is 1250. The summed E-state index contributed by atoms with van der Waals surface area (Å²) >= 11 is 0.954. The van der Waals surface area contributed by atoms with E-state index in [4.69, 9.17) is 5.26 Å². The molecule has 3 aromatic rings. The van der Waals surface area contributed by atoms with Crippen LogP contribution in [0.1, 0.15) is 17.8 Å². The van der Waals surface area contributed by atoms with Crippen molar-refractivity contribution in [1.29, 1.82) is 5.26 Å². The Hall–Kier alpha value is -3.21. The van der Waals surface area contributed by atoms with Crippen molar-refractivity contribution in [2.45, 2.75) is 18.4 Å². The normalized spacial score (nSPS) is 11.6. The zero-order valence-electron chi connectivity index (χ0n) is 16.3. The van der Waals surface area contributed by atoms with E-state index in [2.05, 4.69) is 15.3 Å². The second kappa shape index (κ2) is 8.88. The molecule has 9 nitrogen and oxygen atoms in total. The third kappa shape index (κ3) is 4.76. The van der Waals surface area contributed by atoms with E-state index in [1.165, 1.54) is 37.5 Å². The molecule has 2 aromatic heterocycles. The predicted molar refractivity (Wildman–Crippen MR) is 109 cm³/mol. The maximum Gasteiger partial charge on any atom is 0.320 e. The van der Waals surface area contributed by atoms with Crippen molar-refractivity contribution in [1.82, 2.24) is 18.8 Å². The Morgan fingerprint density at radius 3 is 2.65 bits per heavy atom. The Labute approximate surface area is 180 Å². The van der Waals surface area contributed by atoms with Crippen LogP contribution in [0.15, 0.2) is 41.6 Å². The molecule has 0 spiro atoms. The summed E-state index contributed by atoms with van der Waals surface area (Å²) < 4.78 is 52.9. The minimum Gasteiger partial charge on any atom is -0.301 e. The van der Waals surface area contributed by atoms with Gasteiger partial charge in [0.25, 0.3) is 0 Å². The summed E-state index contributed by atoms with van der Waals surface area (Å²) in [6.07, 6.45) is 2.38. The number of nitrogens with one attached hydrogen (secondary N) is 1. The molecule has 0 aliphatic carbocycles. The van der Waals surface area contributed by atoms with Gasteiger partial charge in [-0.2, -0.15) is 18.3 Å². The van der Waals surface area contributed by atoms with Gasteiger partial charge in [0.2, 0.25) is 15.9 Å². The summed E-state index contributed by atoms with van der Waals surface area (Å²) in [5, 5.41) is 11.4. The monoisotopic (exact) mass is 466 g/mol. The highest BCUT2D eigenvalue weighted by Crippen LogP contribution is 2.33. The number of amides is 1. The molecule has 0 aliphatic rings. The van der Waals surface area contributed by atoms with Gasteiger partial charge in [-0.3, -0.25) is 9.36 Å². The number of thiazole rings is 1. The fourth-order valence-electron chi connectivity index (χ4n) is 2.63. The molecule has 0 atom stereocenters. The van der Waals surface area contributed by atoms with Gasteiger partial charge in [0.1, 0.15) is 0 Å². The third-order valence-corrected chi connectivity index (χ3v) is 7.07. The average molecular weight is 466 g/mol. The number of likely N-dealkylation sites (N-methyl/N-ethyl adjacent to an activating group) is 1. The van der Waals surface area contributed by atoms with E-state index in [0.717, 1.165) is 21.8 Å². The summed E-state index contributed by atoms with van der Waals surface area (Å²) in [6.45, 7) is -1.69. The third-order valence-electron chi connectivity index (χ3n) is 4.18. The van der Waals surface area contributed by atoms with Crippen molar-refractivity contribution in [3.8, 4) is 16.8 Å². The number of nitriles is 1. The minimum atomic E-state index is -3.96. The van der Waals surface area contributed by atoms with Gasteiger partial charge < -0.3 is 5.32 Å². The molecule has 2 heterocycles. The van der Waals surface area contributed by atoms with Crippen molar-refractivity contribution in [3.05, 3.63) is 47.9 Å². The highest BCUT2D eigenvalue weighted by Gasteiger charge is 2.24.